The topological polar surface area (TPSA) is 48.1 Å². The molecule has 2 aromatic rings. The molecule has 0 saturated heterocycles. The number of nitrogens with two attached hydrogens (primary N) is 1. The number of benzene rings is 1. The molecule has 1 aromatic carbocycles. The minimum Gasteiger partial charge on any atom is -0.455 e. The van der Waals surface area contributed by atoms with E-state index in [-0.39, 0.29) is 0 Å². The summed E-state index contributed by atoms with van der Waals surface area (Å²) in [6.45, 7) is 3.92. The predicted octanol–water partition coefficient (Wildman–Crippen LogP) is 3.12. The molecule has 1 aromatic heterocycles. The third-order valence-electron chi connectivity index (χ3n) is 2.51. The monoisotopic (exact) mass is 258 g/mol. The molecule has 18 heavy (non-hydrogen) atoms. The van der Waals surface area contributed by atoms with Crippen LogP contribution in [0, 0.1) is 13.8 Å². The highest BCUT2D eigenvalue weighted by atomic mass is 32.1. The summed E-state index contributed by atoms with van der Waals surface area (Å²) in [5.41, 5.74) is 8.44. The van der Waals surface area contributed by atoms with E-state index in [0.29, 0.717) is 16.5 Å². The van der Waals surface area contributed by atoms with E-state index >= 15 is 0 Å². The Bertz CT molecular complexity index is 579. The molecule has 92 valence electrons. The van der Waals surface area contributed by atoms with Crippen molar-refractivity contribution in [2.75, 3.05) is 0 Å². The van der Waals surface area contributed by atoms with Gasteiger partial charge in [0.2, 0.25) is 0 Å². The lowest BCUT2D eigenvalue weighted by Gasteiger charge is -2.11. The highest BCUT2D eigenvalue weighted by molar-refractivity contribution is 7.80. The summed E-state index contributed by atoms with van der Waals surface area (Å²) in [5.74, 6) is 1.33. The first-order valence-electron chi connectivity index (χ1n) is 5.57. The lowest BCUT2D eigenvalue weighted by Crippen LogP contribution is -2.10. The fraction of sp³-hybridized carbons (Fsp3) is 0.143. The van der Waals surface area contributed by atoms with Crippen molar-refractivity contribution in [3.05, 3.63) is 53.3 Å². The van der Waals surface area contributed by atoms with Gasteiger partial charge in [-0.3, -0.25) is 4.98 Å². The van der Waals surface area contributed by atoms with Crippen LogP contribution in [0.1, 0.15) is 16.8 Å². The minimum atomic E-state index is 0.324. The van der Waals surface area contributed by atoms with Gasteiger partial charge < -0.3 is 10.5 Å². The third kappa shape index (κ3) is 2.84. The highest BCUT2D eigenvalue weighted by Gasteiger charge is 2.08. The Morgan fingerprint density at radius 2 is 2.00 bits per heavy atom. The number of thiocarbonyl (C=S) groups is 1. The van der Waals surface area contributed by atoms with Crippen molar-refractivity contribution in [3.8, 4) is 11.5 Å². The first-order chi connectivity index (χ1) is 8.56. The van der Waals surface area contributed by atoms with E-state index in [4.69, 9.17) is 22.7 Å². The first-order valence-corrected chi connectivity index (χ1v) is 5.98. The van der Waals surface area contributed by atoms with Crippen molar-refractivity contribution in [2.45, 2.75) is 13.8 Å². The maximum absolute atomic E-state index is 5.78. The molecule has 0 amide bonds. The molecular formula is C14H14N2OS. The molecule has 0 unspecified atom stereocenters. The van der Waals surface area contributed by atoms with Crippen molar-refractivity contribution in [1.29, 1.82) is 0 Å². The maximum Gasteiger partial charge on any atom is 0.145 e. The van der Waals surface area contributed by atoms with Crippen LogP contribution >= 0.6 is 12.2 Å². The smallest absolute Gasteiger partial charge is 0.145 e. The molecule has 0 radical (unpaired) electrons. The highest BCUT2D eigenvalue weighted by Crippen LogP contribution is 2.26. The predicted molar refractivity (Wildman–Crippen MR) is 76.1 cm³/mol. The van der Waals surface area contributed by atoms with Gasteiger partial charge in [-0.2, -0.15) is 0 Å². The van der Waals surface area contributed by atoms with Gasteiger partial charge in [0.1, 0.15) is 16.5 Å². The van der Waals surface area contributed by atoms with Crippen LogP contribution in [0.25, 0.3) is 0 Å². The van der Waals surface area contributed by atoms with Gasteiger partial charge in [-0.05, 0) is 43.7 Å². The molecule has 0 saturated carbocycles. The summed E-state index contributed by atoms with van der Waals surface area (Å²) < 4.78 is 5.78. The lowest BCUT2D eigenvalue weighted by molar-refractivity contribution is 0.478. The normalized spacial score (nSPS) is 10.1. The van der Waals surface area contributed by atoms with Crippen LogP contribution in [-0.2, 0) is 0 Å². The van der Waals surface area contributed by atoms with E-state index in [9.17, 15) is 0 Å². The van der Waals surface area contributed by atoms with Gasteiger partial charge >= 0.3 is 0 Å². The molecule has 0 aliphatic carbocycles. The molecule has 0 fully saturated rings. The molecule has 2 rings (SSSR count). The molecule has 0 atom stereocenters. The van der Waals surface area contributed by atoms with Crippen molar-refractivity contribution in [2.24, 2.45) is 5.73 Å². The summed E-state index contributed by atoms with van der Waals surface area (Å²) in [6.07, 6.45) is 1.68. The second kappa shape index (κ2) is 5.14. The molecular weight excluding hydrogens is 244 g/mol. The zero-order chi connectivity index (χ0) is 13.1. The van der Waals surface area contributed by atoms with E-state index in [1.54, 1.807) is 6.20 Å². The van der Waals surface area contributed by atoms with Crippen molar-refractivity contribution >= 4 is 17.2 Å². The fourth-order valence-corrected chi connectivity index (χ4v) is 1.73. The number of ether oxygens (including phenoxy) is 1. The number of rotatable bonds is 3. The summed E-state index contributed by atoms with van der Waals surface area (Å²) in [5, 5.41) is 0. The first kappa shape index (κ1) is 12.5. The zero-order valence-corrected chi connectivity index (χ0v) is 11.1. The van der Waals surface area contributed by atoms with Gasteiger partial charge in [-0.1, -0.05) is 18.3 Å². The van der Waals surface area contributed by atoms with Crippen molar-refractivity contribution in [3.63, 3.8) is 0 Å². The molecule has 0 spiro atoms. The van der Waals surface area contributed by atoms with Gasteiger partial charge in [0, 0.05) is 5.69 Å². The maximum atomic E-state index is 5.78. The van der Waals surface area contributed by atoms with E-state index < -0.39 is 0 Å². The van der Waals surface area contributed by atoms with Crippen LogP contribution in [0.5, 0.6) is 11.5 Å². The molecule has 4 heteroatoms. The SMILES string of the molecule is Cc1ccc(C(N)=S)c(Oc2ccc(C)nc2)c1. The van der Waals surface area contributed by atoms with Crippen LogP contribution in [0.15, 0.2) is 36.5 Å². The number of pyridine rings is 1. The molecule has 3 nitrogen and oxygen atoms in total. The molecule has 0 aliphatic rings. The largest absolute Gasteiger partial charge is 0.455 e. The standard InChI is InChI=1S/C14H14N2OS/c1-9-3-6-12(14(15)18)13(7-9)17-11-5-4-10(2)16-8-11/h3-8H,1-2H3,(H2,15,18). The van der Waals surface area contributed by atoms with Crippen LogP contribution in [0.3, 0.4) is 0 Å². The summed E-state index contributed by atoms with van der Waals surface area (Å²) in [4.78, 5) is 4.51. The van der Waals surface area contributed by atoms with Crippen LogP contribution in [0.2, 0.25) is 0 Å². The van der Waals surface area contributed by atoms with Crippen LogP contribution in [0.4, 0.5) is 0 Å². The summed E-state index contributed by atoms with van der Waals surface area (Å²) >= 11 is 5.01. The quantitative estimate of drug-likeness (QED) is 0.859. The van der Waals surface area contributed by atoms with E-state index in [0.717, 1.165) is 16.8 Å². The number of hydrogen-bond donors (Lipinski definition) is 1. The number of hydrogen-bond acceptors (Lipinski definition) is 3. The number of aromatic nitrogens is 1. The summed E-state index contributed by atoms with van der Waals surface area (Å²) in [6, 6.07) is 9.50. The fourth-order valence-electron chi connectivity index (χ4n) is 1.56. The Kier molecular flexibility index (Phi) is 3.58. The zero-order valence-electron chi connectivity index (χ0n) is 10.3. The molecule has 2 N–H and O–H groups in total. The minimum absolute atomic E-state index is 0.324. The third-order valence-corrected chi connectivity index (χ3v) is 2.73. The van der Waals surface area contributed by atoms with Crippen molar-refractivity contribution < 1.29 is 4.74 Å². The van der Waals surface area contributed by atoms with Gasteiger partial charge in [0.15, 0.2) is 0 Å². The Hall–Kier alpha value is -1.94. The Morgan fingerprint density at radius 1 is 1.22 bits per heavy atom. The Labute approximate surface area is 112 Å². The Morgan fingerprint density at radius 3 is 2.61 bits per heavy atom. The second-order valence-electron chi connectivity index (χ2n) is 4.10. The Balaban J connectivity index is 2.35. The second-order valence-corrected chi connectivity index (χ2v) is 4.54. The molecule has 0 bridgehead atoms. The van der Waals surface area contributed by atoms with Gasteiger partial charge in [0.25, 0.3) is 0 Å². The average Bonchev–Trinajstić information content (AvgIpc) is 2.32. The van der Waals surface area contributed by atoms with Gasteiger partial charge in [-0.25, -0.2) is 0 Å². The van der Waals surface area contributed by atoms with E-state index in [1.807, 2.05) is 44.2 Å². The van der Waals surface area contributed by atoms with Crippen LogP contribution < -0.4 is 10.5 Å². The van der Waals surface area contributed by atoms with Crippen molar-refractivity contribution in [1.82, 2.24) is 4.98 Å². The van der Waals surface area contributed by atoms with E-state index in [2.05, 4.69) is 4.98 Å². The summed E-state index contributed by atoms with van der Waals surface area (Å²) in [7, 11) is 0. The van der Waals surface area contributed by atoms with Crippen LogP contribution in [-0.4, -0.2) is 9.97 Å². The van der Waals surface area contributed by atoms with Gasteiger partial charge in [-0.15, -0.1) is 0 Å². The lowest BCUT2D eigenvalue weighted by atomic mass is 10.1. The van der Waals surface area contributed by atoms with Gasteiger partial charge in [0.05, 0.1) is 11.8 Å². The van der Waals surface area contributed by atoms with E-state index in [1.165, 1.54) is 0 Å². The average molecular weight is 258 g/mol. The molecule has 1 heterocycles. The number of nitrogens with zero attached hydrogens (tertiary/aromatic N) is 1. The number of aryl methyl sites for hydroxylation is 2. The molecule has 0 aliphatic heterocycles.